The second kappa shape index (κ2) is 6.24. The molecular weight excluding hydrogens is 123 g/mol. The van der Waals surface area contributed by atoms with E-state index >= 15 is 0 Å². The maximum Gasteiger partial charge on any atom is 1.00 e. The number of allylic oxidation sites excluding steroid dienone is 3. The zero-order valence-electron chi connectivity index (χ0n) is 6.15. The largest absolute Gasteiger partial charge is 1.00 e. The SMILES string of the molecule is [CH-]=C(C)C=C(C)C.[K+]. The number of rotatable bonds is 1. The van der Waals surface area contributed by atoms with Crippen LogP contribution in [0.3, 0.4) is 0 Å². The molecule has 0 amide bonds. The van der Waals surface area contributed by atoms with E-state index in [2.05, 4.69) is 0 Å². The van der Waals surface area contributed by atoms with Gasteiger partial charge in [0.25, 0.3) is 0 Å². The van der Waals surface area contributed by atoms with E-state index in [1.807, 2.05) is 26.8 Å². The molecule has 0 saturated carbocycles. The summed E-state index contributed by atoms with van der Waals surface area (Å²) >= 11 is 0. The van der Waals surface area contributed by atoms with Crippen LogP contribution in [0.5, 0.6) is 0 Å². The van der Waals surface area contributed by atoms with Crippen LogP contribution in [0.25, 0.3) is 0 Å². The van der Waals surface area contributed by atoms with Crippen molar-refractivity contribution < 1.29 is 51.4 Å². The Morgan fingerprint density at radius 3 is 1.62 bits per heavy atom. The molecule has 0 N–H and O–H groups in total. The topological polar surface area (TPSA) is 0 Å². The van der Waals surface area contributed by atoms with Gasteiger partial charge in [-0.1, -0.05) is 20.8 Å². The molecule has 40 valence electrons. The van der Waals surface area contributed by atoms with E-state index < -0.39 is 0 Å². The molecule has 0 spiro atoms. The standard InChI is InChI=1S/C7H11.K/c1-6(2)5-7(3)4;/h1,5H,2-4H3;/q-1;+1. The summed E-state index contributed by atoms with van der Waals surface area (Å²) in [6, 6.07) is 0. The third-order valence-corrected chi connectivity index (χ3v) is 0.516. The van der Waals surface area contributed by atoms with E-state index in [0.29, 0.717) is 0 Å². The Morgan fingerprint density at radius 1 is 1.25 bits per heavy atom. The molecule has 0 bridgehead atoms. The minimum atomic E-state index is 0. The maximum absolute atomic E-state index is 5.33. The van der Waals surface area contributed by atoms with Crippen molar-refractivity contribution in [2.45, 2.75) is 20.8 Å². The molecule has 0 fully saturated rings. The molecule has 0 aromatic heterocycles. The molecule has 0 rings (SSSR count). The summed E-state index contributed by atoms with van der Waals surface area (Å²) in [6.45, 7) is 11.3. The summed E-state index contributed by atoms with van der Waals surface area (Å²) in [5, 5.41) is 0. The van der Waals surface area contributed by atoms with Crippen molar-refractivity contribution in [1.82, 2.24) is 0 Å². The van der Waals surface area contributed by atoms with Gasteiger partial charge in [-0.05, 0) is 0 Å². The Labute approximate surface area is 94.5 Å². The van der Waals surface area contributed by atoms with E-state index in [-0.39, 0.29) is 51.4 Å². The van der Waals surface area contributed by atoms with Crippen LogP contribution in [-0.4, -0.2) is 0 Å². The van der Waals surface area contributed by atoms with Crippen molar-refractivity contribution in [2.24, 2.45) is 0 Å². The second-order valence-electron chi connectivity index (χ2n) is 1.97. The van der Waals surface area contributed by atoms with Crippen molar-refractivity contribution in [3.63, 3.8) is 0 Å². The van der Waals surface area contributed by atoms with E-state index in [9.17, 15) is 0 Å². The van der Waals surface area contributed by atoms with Crippen LogP contribution in [0.1, 0.15) is 20.8 Å². The van der Waals surface area contributed by atoms with Crippen LogP contribution >= 0.6 is 0 Å². The van der Waals surface area contributed by atoms with Crippen LogP contribution in [-0.2, 0) is 0 Å². The maximum atomic E-state index is 5.33. The fourth-order valence-corrected chi connectivity index (χ4v) is 0.455. The van der Waals surface area contributed by atoms with E-state index in [1.165, 1.54) is 5.57 Å². The van der Waals surface area contributed by atoms with Gasteiger partial charge in [0, 0.05) is 0 Å². The smallest absolute Gasteiger partial charge is 0.290 e. The zero-order valence-corrected chi connectivity index (χ0v) is 9.28. The first-order valence-electron chi connectivity index (χ1n) is 2.37. The van der Waals surface area contributed by atoms with E-state index in [4.69, 9.17) is 6.58 Å². The molecule has 1 heteroatoms. The van der Waals surface area contributed by atoms with Gasteiger partial charge < -0.3 is 0 Å². The third-order valence-electron chi connectivity index (χ3n) is 0.516. The number of hydrogen-bond donors (Lipinski definition) is 0. The van der Waals surface area contributed by atoms with Gasteiger partial charge in [-0.3, -0.25) is 6.58 Å². The van der Waals surface area contributed by atoms with Gasteiger partial charge in [0.2, 0.25) is 0 Å². The Morgan fingerprint density at radius 2 is 1.62 bits per heavy atom. The average molecular weight is 134 g/mol. The van der Waals surface area contributed by atoms with Crippen LogP contribution in [0.2, 0.25) is 0 Å². The van der Waals surface area contributed by atoms with Gasteiger partial charge in [-0.25, -0.2) is 11.6 Å². The Kier molecular flexibility index (Phi) is 9.25. The summed E-state index contributed by atoms with van der Waals surface area (Å²) in [7, 11) is 0. The van der Waals surface area contributed by atoms with Gasteiger partial charge in [0.1, 0.15) is 0 Å². The Hall–Kier alpha value is 1.12. The summed E-state index contributed by atoms with van der Waals surface area (Å²) in [5.74, 6) is 0. The molecule has 0 aromatic carbocycles. The minimum absolute atomic E-state index is 0. The van der Waals surface area contributed by atoms with Crippen molar-refractivity contribution in [1.29, 1.82) is 0 Å². The average Bonchev–Trinajstić information content (AvgIpc) is 1.27. The summed E-state index contributed by atoms with van der Waals surface area (Å²) in [4.78, 5) is 0. The quantitative estimate of drug-likeness (QED) is 0.254. The molecule has 0 saturated heterocycles. The molecule has 0 aliphatic carbocycles. The predicted octanol–water partition coefficient (Wildman–Crippen LogP) is -0.664. The van der Waals surface area contributed by atoms with Crippen molar-refractivity contribution in [3.05, 3.63) is 23.8 Å². The molecule has 0 heterocycles. The molecule has 8 heavy (non-hydrogen) atoms. The van der Waals surface area contributed by atoms with E-state index in [0.717, 1.165) is 5.57 Å². The van der Waals surface area contributed by atoms with Gasteiger partial charge in [0.15, 0.2) is 0 Å². The Balaban J connectivity index is 0. The number of hydrogen-bond acceptors (Lipinski definition) is 0. The zero-order chi connectivity index (χ0) is 5.86. The molecule has 0 radical (unpaired) electrons. The Bertz CT molecular complexity index is 97.0. The molecule has 0 unspecified atom stereocenters. The first kappa shape index (κ1) is 11.9. The molecule has 0 atom stereocenters. The van der Waals surface area contributed by atoms with Crippen molar-refractivity contribution >= 4 is 0 Å². The second-order valence-corrected chi connectivity index (χ2v) is 1.97. The van der Waals surface area contributed by atoms with Crippen LogP contribution < -0.4 is 51.4 Å². The molecular formula is C7H11K. The minimum Gasteiger partial charge on any atom is -0.290 e. The van der Waals surface area contributed by atoms with Crippen LogP contribution in [0, 0.1) is 6.58 Å². The fraction of sp³-hybridized carbons (Fsp3) is 0.429. The molecule has 0 aliphatic heterocycles. The molecule has 0 aromatic rings. The van der Waals surface area contributed by atoms with E-state index in [1.54, 1.807) is 0 Å². The molecule has 0 nitrogen and oxygen atoms in total. The van der Waals surface area contributed by atoms with Gasteiger partial charge >= 0.3 is 51.4 Å². The van der Waals surface area contributed by atoms with Crippen LogP contribution in [0.15, 0.2) is 17.2 Å². The fourth-order valence-electron chi connectivity index (χ4n) is 0.455. The van der Waals surface area contributed by atoms with Gasteiger partial charge in [-0.2, -0.15) is 5.57 Å². The van der Waals surface area contributed by atoms with Crippen LogP contribution in [0.4, 0.5) is 0 Å². The predicted molar refractivity (Wildman–Crippen MR) is 32.9 cm³/mol. The summed E-state index contributed by atoms with van der Waals surface area (Å²) in [5.41, 5.74) is 2.13. The van der Waals surface area contributed by atoms with Gasteiger partial charge in [-0.15, -0.1) is 0 Å². The van der Waals surface area contributed by atoms with Crippen molar-refractivity contribution in [2.75, 3.05) is 0 Å². The molecule has 0 aliphatic rings. The monoisotopic (exact) mass is 134 g/mol. The normalized spacial score (nSPS) is 6.88. The summed E-state index contributed by atoms with van der Waals surface area (Å²) < 4.78 is 0. The first-order valence-corrected chi connectivity index (χ1v) is 2.37. The first-order chi connectivity index (χ1) is 3.13. The van der Waals surface area contributed by atoms with Gasteiger partial charge in [0.05, 0.1) is 0 Å². The van der Waals surface area contributed by atoms with Crippen molar-refractivity contribution in [3.8, 4) is 0 Å². The third kappa shape index (κ3) is 10.2. The summed E-state index contributed by atoms with van der Waals surface area (Å²) in [6.07, 6.45) is 1.94.